The van der Waals surface area contributed by atoms with Crippen LogP contribution in [0.2, 0.25) is 0 Å². The van der Waals surface area contributed by atoms with Gasteiger partial charge < -0.3 is 5.11 Å². The molecule has 3 unspecified atom stereocenters. The topological polar surface area (TPSA) is 20.2 Å². The maximum Gasteiger partial charge on any atom is 0.0831 e. The van der Waals surface area contributed by atoms with E-state index >= 15 is 0 Å². The zero-order chi connectivity index (χ0) is 8.72. The van der Waals surface area contributed by atoms with Crippen molar-refractivity contribution in [2.45, 2.75) is 26.4 Å². The number of rotatable bonds is 2. The first-order valence-corrected chi connectivity index (χ1v) is 5.30. The van der Waals surface area contributed by atoms with Crippen LogP contribution < -0.4 is 0 Å². The summed E-state index contributed by atoms with van der Waals surface area (Å²) in [7, 11) is 0. The largest absolute Gasteiger partial charge is 0.388 e. The smallest absolute Gasteiger partial charge is 0.0831 e. The number of aliphatic hydroxyl groups excluding tert-OH is 1. The third-order valence-corrected chi connectivity index (χ3v) is 3.66. The van der Waals surface area contributed by atoms with Crippen molar-refractivity contribution in [1.29, 1.82) is 0 Å². The lowest BCUT2D eigenvalue weighted by atomic mass is 10.1. The molecular weight excluding hydrogens is 168 g/mol. The third kappa shape index (κ3) is 1.29. The fourth-order valence-corrected chi connectivity index (χ4v) is 2.47. The average molecular weight is 182 g/mol. The van der Waals surface area contributed by atoms with Crippen LogP contribution in [0.4, 0.5) is 0 Å². The highest BCUT2D eigenvalue weighted by atomic mass is 32.1. The number of hydrogen-bond acceptors (Lipinski definition) is 2. The van der Waals surface area contributed by atoms with Gasteiger partial charge in [-0.05, 0) is 42.2 Å². The maximum atomic E-state index is 9.91. The molecule has 1 N–H and O–H groups in total. The van der Waals surface area contributed by atoms with Gasteiger partial charge in [-0.25, -0.2) is 0 Å². The summed E-state index contributed by atoms with van der Waals surface area (Å²) in [5.41, 5.74) is 1.15. The molecule has 1 aromatic rings. The Kier molecular flexibility index (Phi) is 1.97. The highest BCUT2D eigenvalue weighted by molar-refractivity contribution is 7.10. The number of hydrogen-bond donors (Lipinski definition) is 1. The lowest BCUT2D eigenvalue weighted by Crippen LogP contribution is -2.00. The molecule has 1 fully saturated rings. The van der Waals surface area contributed by atoms with E-state index in [9.17, 15) is 5.11 Å². The predicted molar refractivity (Wildman–Crippen MR) is 51.3 cm³/mol. The Balaban J connectivity index is 2.14. The molecule has 0 radical (unpaired) electrons. The Hall–Kier alpha value is -0.340. The van der Waals surface area contributed by atoms with Crippen molar-refractivity contribution in [2.75, 3.05) is 0 Å². The molecule has 12 heavy (non-hydrogen) atoms. The van der Waals surface area contributed by atoms with E-state index in [0.717, 1.165) is 11.5 Å². The molecule has 3 atom stereocenters. The van der Waals surface area contributed by atoms with Crippen LogP contribution in [-0.2, 0) is 0 Å². The summed E-state index contributed by atoms with van der Waals surface area (Å²) in [5, 5.41) is 12.0. The van der Waals surface area contributed by atoms with Gasteiger partial charge in [-0.2, -0.15) is 0 Å². The van der Waals surface area contributed by atoms with Crippen LogP contribution in [0.15, 0.2) is 11.4 Å². The Labute approximate surface area is 77.0 Å². The molecule has 66 valence electrons. The van der Waals surface area contributed by atoms with Gasteiger partial charge in [0.1, 0.15) is 0 Å². The first-order valence-electron chi connectivity index (χ1n) is 4.42. The van der Waals surface area contributed by atoms with Crippen molar-refractivity contribution in [3.05, 3.63) is 21.9 Å². The summed E-state index contributed by atoms with van der Waals surface area (Å²) >= 11 is 1.72. The van der Waals surface area contributed by atoms with Crippen molar-refractivity contribution in [1.82, 2.24) is 0 Å². The molecule has 1 heterocycles. The molecule has 0 aromatic carbocycles. The van der Waals surface area contributed by atoms with E-state index in [1.54, 1.807) is 11.3 Å². The molecule has 1 aliphatic carbocycles. The quantitative estimate of drug-likeness (QED) is 0.745. The van der Waals surface area contributed by atoms with Crippen molar-refractivity contribution in [2.24, 2.45) is 11.8 Å². The Morgan fingerprint density at radius 2 is 2.33 bits per heavy atom. The minimum absolute atomic E-state index is 0.203. The normalized spacial score (nSPS) is 30.2. The van der Waals surface area contributed by atoms with Gasteiger partial charge in [-0.15, -0.1) is 11.3 Å². The third-order valence-electron chi connectivity index (χ3n) is 2.79. The maximum absolute atomic E-state index is 9.91. The number of thiophene rings is 1. The zero-order valence-corrected chi connectivity index (χ0v) is 8.27. The zero-order valence-electron chi connectivity index (χ0n) is 7.45. The summed E-state index contributed by atoms with van der Waals surface area (Å²) in [5.74, 6) is 1.25. The molecule has 1 nitrogen and oxygen atoms in total. The fourth-order valence-electron chi connectivity index (χ4n) is 1.72. The van der Waals surface area contributed by atoms with E-state index in [1.807, 2.05) is 0 Å². The Morgan fingerprint density at radius 3 is 2.75 bits per heavy atom. The Bertz CT molecular complexity index is 279. The van der Waals surface area contributed by atoms with Gasteiger partial charge in [0, 0.05) is 4.88 Å². The molecule has 0 aliphatic heterocycles. The van der Waals surface area contributed by atoms with Crippen molar-refractivity contribution in [3.8, 4) is 0 Å². The minimum atomic E-state index is -0.203. The molecule has 1 aromatic heterocycles. The summed E-state index contributed by atoms with van der Waals surface area (Å²) in [6.45, 7) is 4.28. The van der Waals surface area contributed by atoms with E-state index in [1.165, 1.54) is 11.3 Å². The van der Waals surface area contributed by atoms with Crippen LogP contribution in [0.25, 0.3) is 0 Å². The molecule has 1 aliphatic rings. The molecule has 0 saturated heterocycles. The van der Waals surface area contributed by atoms with Gasteiger partial charge >= 0.3 is 0 Å². The molecule has 1 saturated carbocycles. The second kappa shape index (κ2) is 2.86. The molecule has 0 spiro atoms. The van der Waals surface area contributed by atoms with Crippen molar-refractivity contribution >= 4 is 11.3 Å². The van der Waals surface area contributed by atoms with Crippen LogP contribution in [0, 0.1) is 18.8 Å². The number of aliphatic hydroxyl groups is 1. The fraction of sp³-hybridized carbons (Fsp3) is 0.600. The van der Waals surface area contributed by atoms with E-state index < -0.39 is 0 Å². The van der Waals surface area contributed by atoms with Crippen LogP contribution >= 0.6 is 11.3 Å². The second-order valence-electron chi connectivity index (χ2n) is 3.75. The minimum Gasteiger partial charge on any atom is -0.388 e. The van der Waals surface area contributed by atoms with Gasteiger partial charge in [0.15, 0.2) is 0 Å². The van der Waals surface area contributed by atoms with E-state index in [2.05, 4.69) is 25.3 Å². The first-order chi connectivity index (χ1) is 5.70. The van der Waals surface area contributed by atoms with E-state index in [-0.39, 0.29) is 6.10 Å². The van der Waals surface area contributed by atoms with Gasteiger partial charge in [0.05, 0.1) is 6.10 Å². The summed E-state index contributed by atoms with van der Waals surface area (Å²) in [6, 6.07) is 2.05. The summed E-state index contributed by atoms with van der Waals surface area (Å²) in [6.07, 6.45) is 0.988. The molecule has 2 heteroatoms. The van der Waals surface area contributed by atoms with Gasteiger partial charge in [-0.3, -0.25) is 0 Å². The van der Waals surface area contributed by atoms with E-state index in [4.69, 9.17) is 0 Å². The van der Waals surface area contributed by atoms with E-state index in [0.29, 0.717) is 5.92 Å². The van der Waals surface area contributed by atoms with Gasteiger partial charge in [-0.1, -0.05) is 6.92 Å². The van der Waals surface area contributed by atoms with Gasteiger partial charge in [0.2, 0.25) is 0 Å². The molecule has 0 amide bonds. The molecular formula is C10H14OS. The second-order valence-corrected chi connectivity index (χ2v) is 4.87. The highest BCUT2D eigenvalue weighted by Crippen LogP contribution is 2.47. The first kappa shape index (κ1) is 8.27. The standard InChI is InChI=1S/C10H14OS/c1-6-5-9(6)10(11)8-3-4-12-7(8)2/h3-4,6,9-11H,5H2,1-2H3. The summed E-state index contributed by atoms with van der Waals surface area (Å²) < 4.78 is 0. The van der Waals surface area contributed by atoms with Crippen LogP contribution in [0.3, 0.4) is 0 Å². The SMILES string of the molecule is Cc1sccc1C(O)C1CC1C. The average Bonchev–Trinajstić information content (AvgIpc) is 2.59. The highest BCUT2D eigenvalue weighted by Gasteiger charge is 2.39. The summed E-state index contributed by atoms with van der Waals surface area (Å²) in [4.78, 5) is 1.27. The lowest BCUT2D eigenvalue weighted by molar-refractivity contribution is 0.148. The van der Waals surface area contributed by atoms with Gasteiger partial charge in [0.25, 0.3) is 0 Å². The Morgan fingerprint density at radius 1 is 1.67 bits per heavy atom. The molecule has 0 bridgehead atoms. The monoisotopic (exact) mass is 182 g/mol. The van der Waals surface area contributed by atoms with Crippen LogP contribution in [-0.4, -0.2) is 5.11 Å². The lowest BCUT2D eigenvalue weighted by Gasteiger charge is -2.08. The van der Waals surface area contributed by atoms with Crippen molar-refractivity contribution in [3.63, 3.8) is 0 Å². The predicted octanol–water partition coefficient (Wildman–Crippen LogP) is 2.75. The van der Waals surface area contributed by atoms with Crippen LogP contribution in [0.1, 0.15) is 29.9 Å². The van der Waals surface area contributed by atoms with Crippen molar-refractivity contribution < 1.29 is 5.11 Å². The number of aryl methyl sites for hydroxylation is 1. The van der Waals surface area contributed by atoms with Crippen LogP contribution in [0.5, 0.6) is 0 Å². The molecule has 2 rings (SSSR count).